The molecule has 0 radical (unpaired) electrons. The second kappa shape index (κ2) is 7.00. The summed E-state index contributed by atoms with van der Waals surface area (Å²) in [5.41, 5.74) is 13.4. The van der Waals surface area contributed by atoms with Crippen LogP contribution >= 0.6 is 0 Å². The summed E-state index contributed by atoms with van der Waals surface area (Å²) in [6.45, 7) is 0.604. The van der Waals surface area contributed by atoms with E-state index >= 15 is 0 Å². The Morgan fingerprint density at radius 2 is 1.43 bits per heavy atom. The minimum Gasteiger partial charge on any atom is -0.399 e. The lowest BCUT2D eigenvalue weighted by atomic mass is 10.2. The van der Waals surface area contributed by atoms with Gasteiger partial charge in [-0.1, -0.05) is 30.3 Å². The molecule has 5 heteroatoms. The lowest BCUT2D eigenvalue weighted by Crippen LogP contribution is -2.16. The molecule has 0 bridgehead atoms. The zero-order chi connectivity index (χ0) is 15.1. The molecule has 0 spiro atoms. The molecule has 1 heterocycles. The normalized spacial score (nSPS) is 9.71. The molecule has 0 atom stereocenters. The highest BCUT2D eigenvalue weighted by molar-refractivity contribution is 5.47. The Kier molecular flexibility index (Phi) is 4.82. The number of aromatic amines is 1. The average Bonchev–Trinajstić information content (AvgIpc) is 2.89. The first-order valence-corrected chi connectivity index (χ1v) is 6.54. The number of hydrogen-bond acceptors (Lipinski definition) is 3. The number of nitrogens with two attached hydrogens (primary N) is 2. The van der Waals surface area contributed by atoms with Crippen molar-refractivity contribution >= 4 is 11.4 Å². The first kappa shape index (κ1) is 14.5. The fourth-order valence-electron chi connectivity index (χ4n) is 1.74. The van der Waals surface area contributed by atoms with Crippen LogP contribution in [0.3, 0.4) is 0 Å². The molecule has 0 unspecified atom stereocenters. The predicted octanol–water partition coefficient (Wildman–Crippen LogP) is 2.08. The Labute approximate surface area is 122 Å². The molecule has 5 nitrogen and oxygen atoms in total. The molecule has 2 aromatic carbocycles. The maximum Gasteiger partial charge on any atom is 0.266 e. The molecule has 0 aliphatic carbocycles. The third kappa shape index (κ3) is 4.58. The SMILES string of the molecule is Nc1ccc(N)cc1.O=c1cc[nH]n1Cc1ccccc1. The van der Waals surface area contributed by atoms with Gasteiger partial charge < -0.3 is 16.6 Å². The zero-order valence-corrected chi connectivity index (χ0v) is 11.6. The molecule has 0 aliphatic heterocycles. The van der Waals surface area contributed by atoms with E-state index < -0.39 is 0 Å². The van der Waals surface area contributed by atoms with E-state index in [1.807, 2.05) is 30.3 Å². The quantitative estimate of drug-likeness (QED) is 0.628. The van der Waals surface area contributed by atoms with E-state index in [-0.39, 0.29) is 5.56 Å². The smallest absolute Gasteiger partial charge is 0.266 e. The second-order valence-corrected chi connectivity index (χ2v) is 4.54. The van der Waals surface area contributed by atoms with Crippen molar-refractivity contribution in [3.05, 3.63) is 82.8 Å². The number of nitrogen functional groups attached to an aromatic ring is 2. The van der Waals surface area contributed by atoms with Crippen LogP contribution in [0.4, 0.5) is 11.4 Å². The summed E-state index contributed by atoms with van der Waals surface area (Å²) in [6.07, 6.45) is 1.64. The van der Waals surface area contributed by atoms with Gasteiger partial charge >= 0.3 is 0 Å². The van der Waals surface area contributed by atoms with Gasteiger partial charge in [0.15, 0.2) is 0 Å². The van der Waals surface area contributed by atoms with Crippen molar-refractivity contribution in [2.45, 2.75) is 6.54 Å². The molecule has 0 saturated heterocycles. The van der Waals surface area contributed by atoms with Crippen molar-refractivity contribution in [2.24, 2.45) is 0 Å². The van der Waals surface area contributed by atoms with Crippen molar-refractivity contribution in [1.82, 2.24) is 9.78 Å². The first-order valence-electron chi connectivity index (χ1n) is 6.54. The highest BCUT2D eigenvalue weighted by atomic mass is 16.1. The topological polar surface area (TPSA) is 89.8 Å². The molecule has 1 aromatic heterocycles. The lowest BCUT2D eigenvalue weighted by molar-refractivity contribution is 0.664. The molecule has 0 saturated carbocycles. The Morgan fingerprint density at radius 1 is 0.857 bits per heavy atom. The number of aromatic nitrogens is 2. The van der Waals surface area contributed by atoms with E-state index in [0.717, 1.165) is 16.9 Å². The summed E-state index contributed by atoms with van der Waals surface area (Å²) < 4.78 is 1.56. The van der Waals surface area contributed by atoms with Gasteiger partial charge in [0.1, 0.15) is 0 Å². The number of H-pyrrole nitrogens is 1. The van der Waals surface area contributed by atoms with E-state index in [2.05, 4.69) is 5.10 Å². The van der Waals surface area contributed by atoms with Gasteiger partial charge in [-0.05, 0) is 29.8 Å². The third-order valence-electron chi connectivity index (χ3n) is 2.84. The standard InChI is InChI=1S/C10H10N2O.C6H8N2/c13-10-6-7-11-12(10)8-9-4-2-1-3-5-9;7-5-1-2-6(8)4-3-5/h1-7,11H,8H2;1-4H,7-8H2. The van der Waals surface area contributed by atoms with Crippen molar-refractivity contribution in [3.8, 4) is 0 Å². The summed E-state index contributed by atoms with van der Waals surface area (Å²) in [6, 6.07) is 18.5. The van der Waals surface area contributed by atoms with Crippen molar-refractivity contribution in [3.63, 3.8) is 0 Å². The minimum absolute atomic E-state index is 0.00357. The Morgan fingerprint density at radius 3 is 1.90 bits per heavy atom. The summed E-state index contributed by atoms with van der Waals surface area (Å²) in [4.78, 5) is 11.2. The molecule has 5 N–H and O–H groups in total. The predicted molar refractivity (Wildman–Crippen MR) is 85.9 cm³/mol. The van der Waals surface area contributed by atoms with Crippen LogP contribution in [0, 0.1) is 0 Å². The summed E-state index contributed by atoms with van der Waals surface area (Å²) in [5.74, 6) is 0. The van der Waals surface area contributed by atoms with Gasteiger partial charge in [0, 0.05) is 23.6 Å². The van der Waals surface area contributed by atoms with Crippen LogP contribution in [0.5, 0.6) is 0 Å². The van der Waals surface area contributed by atoms with Crippen molar-refractivity contribution < 1.29 is 0 Å². The highest BCUT2D eigenvalue weighted by Gasteiger charge is 1.96. The highest BCUT2D eigenvalue weighted by Crippen LogP contribution is 2.04. The largest absolute Gasteiger partial charge is 0.399 e. The van der Waals surface area contributed by atoms with E-state index in [9.17, 15) is 4.79 Å². The number of hydrogen-bond donors (Lipinski definition) is 3. The Hall–Kier alpha value is -2.95. The Balaban J connectivity index is 0.000000173. The maximum absolute atomic E-state index is 11.2. The van der Waals surface area contributed by atoms with Crippen LogP contribution in [-0.2, 0) is 6.54 Å². The number of rotatable bonds is 2. The van der Waals surface area contributed by atoms with Gasteiger partial charge in [0.25, 0.3) is 5.56 Å². The van der Waals surface area contributed by atoms with E-state index in [1.54, 1.807) is 35.1 Å². The molecule has 0 fully saturated rings. The number of benzene rings is 2. The van der Waals surface area contributed by atoms with Crippen LogP contribution in [0.25, 0.3) is 0 Å². The summed E-state index contributed by atoms with van der Waals surface area (Å²) in [7, 11) is 0. The van der Waals surface area contributed by atoms with E-state index in [4.69, 9.17) is 11.5 Å². The van der Waals surface area contributed by atoms with Crippen molar-refractivity contribution in [1.29, 1.82) is 0 Å². The molecular formula is C16H18N4O. The van der Waals surface area contributed by atoms with Gasteiger partial charge in [-0.15, -0.1) is 0 Å². The van der Waals surface area contributed by atoms with Gasteiger partial charge in [-0.3, -0.25) is 4.79 Å². The fourth-order valence-corrected chi connectivity index (χ4v) is 1.74. The van der Waals surface area contributed by atoms with Crippen molar-refractivity contribution in [2.75, 3.05) is 11.5 Å². The molecule has 3 aromatic rings. The van der Waals surface area contributed by atoms with Gasteiger partial charge in [0.05, 0.1) is 6.54 Å². The molecule has 3 rings (SSSR count). The van der Waals surface area contributed by atoms with Crippen LogP contribution < -0.4 is 17.0 Å². The lowest BCUT2D eigenvalue weighted by Gasteiger charge is -2.00. The van der Waals surface area contributed by atoms with Gasteiger partial charge in [-0.2, -0.15) is 0 Å². The maximum atomic E-state index is 11.2. The van der Waals surface area contributed by atoms with Crippen LogP contribution in [-0.4, -0.2) is 9.78 Å². The van der Waals surface area contributed by atoms with Crippen LogP contribution in [0.1, 0.15) is 5.56 Å². The zero-order valence-electron chi connectivity index (χ0n) is 11.6. The number of nitrogens with one attached hydrogen (secondary N) is 1. The average molecular weight is 282 g/mol. The third-order valence-corrected chi connectivity index (χ3v) is 2.84. The summed E-state index contributed by atoms with van der Waals surface area (Å²) >= 11 is 0. The molecular weight excluding hydrogens is 264 g/mol. The van der Waals surface area contributed by atoms with Crippen LogP contribution in [0.15, 0.2) is 71.7 Å². The van der Waals surface area contributed by atoms with Gasteiger partial charge in [-0.25, -0.2) is 4.68 Å². The molecule has 21 heavy (non-hydrogen) atoms. The second-order valence-electron chi connectivity index (χ2n) is 4.54. The molecule has 0 amide bonds. The Bertz CT molecular complexity index is 693. The monoisotopic (exact) mass is 282 g/mol. The number of anilines is 2. The summed E-state index contributed by atoms with van der Waals surface area (Å²) in [5, 5.41) is 2.86. The first-order chi connectivity index (χ1) is 10.1. The fraction of sp³-hybridized carbons (Fsp3) is 0.0625. The van der Waals surface area contributed by atoms with E-state index in [0.29, 0.717) is 6.54 Å². The van der Waals surface area contributed by atoms with Crippen LogP contribution in [0.2, 0.25) is 0 Å². The molecule has 0 aliphatic rings. The minimum atomic E-state index is 0.00357. The molecule has 108 valence electrons. The number of nitrogens with zero attached hydrogens (tertiary/aromatic N) is 1. The van der Waals surface area contributed by atoms with E-state index in [1.165, 1.54) is 6.07 Å². The van der Waals surface area contributed by atoms with Gasteiger partial charge in [0.2, 0.25) is 0 Å².